The van der Waals surface area contributed by atoms with Crippen LogP contribution in [0.15, 0.2) is 30.3 Å². The van der Waals surface area contributed by atoms with E-state index in [0.717, 1.165) is 25.7 Å². The first kappa shape index (κ1) is 15.0. The van der Waals surface area contributed by atoms with Crippen LogP contribution in [0.1, 0.15) is 49.9 Å². The molecule has 0 aromatic heterocycles. The van der Waals surface area contributed by atoms with E-state index in [4.69, 9.17) is 4.74 Å². The van der Waals surface area contributed by atoms with Gasteiger partial charge in [0.1, 0.15) is 0 Å². The number of rotatable bonds is 4. The van der Waals surface area contributed by atoms with Gasteiger partial charge in [-0.25, -0.2) is 4.79 Å². The van der Waals surface area contributed by atoms with Gasteiger partial charge in [0.2, 0.25) is 0 Å². The molecule has 0 atom stereocenters. The van der Waals surface area contributed by atoms with E-state index in [2.05, 4.69) is 0 Å². The zero-order chi connectivity index (χ0) is 14.6. The summed E-state index contributed by atoms with van der Waals surface area (Å²) in [5, 5.41) is 10.0. The van der Waals surface area contributed by atoms with Gasteiger partial charge in [0.05, 0.1) is 17.8 Å². The smallest absolute Gasteiger partial charge is 0.338 e. The third kappa shape index (κ3) is 4.07. The molecule has 2 rings (SSSR count). The molecule has 1 fully saturated rings. The number of aliphatic hydroxyl groups is 1. The van der Waals surface area contributed by atoms with Crippen molar-refractivity contribution in [1.82, 2.24) is 0 Å². The Morgan fingerprint density at radius 1 is 1.20 bits per heavy atom. The van der Waals surface area contributed by atoms with E-state index in [9.17, 15) is 9.90 Å². The van der Waals surface area contributed by atoms with Crippen LogP contribution in [0.5, 0.6) is 0 Å². The highest BCUT2D eigenvalue weighted by molar-refractivity contribution is 5.89. The summed E-state index contributed by atoms with van der Waals surface area (Å²) in [6.45, 7) is 4.26. The van der Waals surface area contributed by atoms with Crippen molar-refractivity contribution in [2.45, 2.75) is 45.1 Å². The van der Waals surface area contributed by atoms with Gasteiger partial charge in [0.25, 0.3) is 0 Å². The Morgan fingerprint density at radius 3 is 2.35 bits per heavy atom. The van der Waals surface area contributed by atoms with Crippen molar-refractivity contribution in [1.29, 1.82) is 0 Å². The second kappa shape index (κ2) is 6.40. The first-order valence-corrected chi connectivity index (χ1v) is 7.41. The maximum absolute atomic E-state index is 11.8. The zero-order valence-electron chi connectivity index (χ0n) is 12.3. The summed E-state index contributed by atoms with van der Waals surface area (Å²) in [7, 11) is 0. The molecule has 0 amide bonds. The number of carbonyl (C=O) groups excluding carboxylic acids is 1. The number of hydrogen-bond donors (Lipinski definition) is 1. The van der Waals surface area contributed by atoms with E-state index in [1.807, 2.05) is 32.0 Å². The summed E-state index contributed by atoms with van der Waals surface area (Å²) in [4.78, 5) is 11.8. The van der Waals surface area contributed by atoms with E-state index in [0.29, 0.717) is 24.0 Å². The molecule has 20 heavy (non-hydrogen) atoms. The van der Waals surface area contributed by atoms with E-state index in [-0.39, 0.29) is 5.97 Å². The first-order chi connectivity index (χ1) is 9.47. The van der Waals surface area contributed by atoms with Crippen LogP contribution < -0.4 is 0 Å². The van der Waals surface area contributed by atoms with Crippen molar-refractivity contribution >= 4 is 5.97 Å². The second-order valence-electron chi connectivity index (χ2n) is 6.34. The second-order valence-corrected chi connectivity index (χ2v) is 6.34. The van der Waals surface area contributed by atoms with E-state index < -0.39 is 5.60 Å². The molecule has 0 heterocycles. The average molecular weight is 276 g/mol. The number of esters is 1. The molecule has 3 nitrogen and oxygen atoms in total. The standard InChI is InChI=1S/C17H24O3/c1-17(2,19)15-10-8-13(9-11-15)12-20-16(18)14-6-4-3-5-7-14/h3-7,13,15,19H,8-12H2,1-2H3. The lowest BCUT2D eigenvalue weighted by molar-refractivity contribution is -0.0131. The molecule has 1 aliphatic rings. The van der Waals surface area contributed by atoms with Crippen LogP contribution in [0.3, 0.4) is 0 Å². The first-order valence-electron chi connectivity index (χ1n) is 7.41. The maximum Gasteiger partial charge on any atom is 0.338 e. The van der Waals surface area contributed by atoms with Crippen molar-refractivity contribution in [2.75, 3.05) is 6.61 Å². The average Bonchev–Trinajstić information content (AvgIpc) is 2.45. The molecular weight excluding hydrogens is 252 g/mol. The largest absolute Gasteiger partial charge is 0.462 e. The van der Waals surface area contributed by atoms with Gasteiger partial charge in [0, 0.05) is 0 Å². The van der Waals surface area contributed by atoms with Gasteiger partial charge in [0.15, 0.2) is 0 Å². The number of carbonyl (C=O) groups is 1. The van der Waals surface area contributed by atoms with Crippen molar-refractivity contribution in [2.24, 2.45) is 11.8 Å². The molecule has 0 radical (unpaired) electrons. The summed E-state index contributed by atoms with van der Waals surface area (Å²) in [6, 6.07) is 9.10. The van der Waals surface area contributed by atoms with Gasteiger partial charge in [-0.05, 0) is 63.5 Å². The van der Waals surface area contributed by atoms with Gasteiger partial charge >= 0.3 is 5.97 Å². The van der Waals surface area contributed by atoms with Crippen LogP contribution in [0.25, 0.3) is 0 Å². The Hall–Kier alpha value is -1.35. The summed E-state index contributed by atoms with van der Waals surface area (Å²) >= 11 is 0. The predicted molar refractivity (Wildman–Crippen MR) is 78.5 cm³/mol. The Kier molecular flexibility index (Phi) is 4.81. The normalized spacial score (nSPS) is 23.4. The Bertz CT molecular complexity index is 425. The fraction of sp³-hybridized carbons (Fsp3) is 0.588. The van der Waals surface area contributed by atoms with Crippen molar-refractivity contribution < 1.29 is 14.6 Å². The molecule has 1 saturated carbocycles. The quantitative estimate of drug-likeness (QED) is 0.857. The summed E-state index contributed by atoms with van der Waals surface area (Å²) in [5.41, 5.74) is 0.0174. The summed E-state index contributed by atoms with van der Waals surface area (Å²) in [6.07, 6.45) is 4.07. The number of ether oxygens (including phenoxy) is 1. The molecule has 1 aromatic rings. The third-order valence-corrected chi connectivity index (χ3v) is 4.31. The fourth-order valence-corrected chi connectivity index (χ4v) is 2.89. The van der Waals surface area contributed by atoms with Crippen molar-refractivity contribution in [3.8, 4) is 0 Å². The lowest BCUT2D eigenvalue weighted by Crippen LogP contribution is -2.34. The minimum atomic E-state index is -0.592. The highest BCUT2D eigenvalue weighted by atomic mass is 16.5. The van der Waals surface area contributed by atoms with Gasteiger partial charge < -0.3 is 9.84 Å². The molecule has 0 bridgehead atoms. The van der Waals surface area contributed by atoms with Crippen LogP contribution >= 0.6 is 0 Å². The van der Waals surface area contributed by atoms with Crippen LogP contribution in [0, 0.1) is 11.8 Å². The SMILES string of the molecule is CC(C)(O)C1CCC(COC(=O)c2ccccc2)CC1. The van der Waals surface area contributed by atoms with Crippen LogP contribution in [-0.4, -0.2) is 23.3 Å². The predicted octanol–water partition coefficient (Wildman–Crippen LogP) is 3.42. The molecule has 0 saturated heterocycles. The number of benzene rings is 1. The van der Waals surface area contributed by atoms with Crippen molar-refractivity contribution in [3.05, 3.63) is 35.9 Å². The molecule has 0 aliphatic heterocycles. The Balaban J connectivity index is 1.75. The zero-order valence-corrected chi connectivity index (χ0v) is 12.3. The van der Waals surface area contributed by atoms with Gasteiger partial charge in [-0.2, -0.15) is 0 Å². The monoisotopic (exact) mass is 276 g/mol. The fourth-order valence-electron chi connectivity index (χ4n) is 2.89. The summed E-state index contributed by atoms with van der Waals surface area (Å²) in [5.74, 6) is 0.556. The van der Waals surface area contributed by atoms with Gasteiger partial charge in [-0.3, -0.25) is 0 Å². The van der Waals surface area contributed by atoms with Crippen LogP contribution in [0.4, 0.5) is 0 Å². The van der Waals surface area contributed by atoms with E-state index in [1.54, 1.807) is 12.1 Å². The lowest BCUT2D eigenvalue weighted by atomic mass is 9.75. The molecule has 110 valence electrons. The lowest BCUT2D eigenvalue weighted by Gasteiger charge is -2.35. The minimum Gasteiger partial charge on any atom is -0.462 e. The Morgan fingerprint density at radius 2 is 1.80 bits per heavy atom. The molecular formula is C17H24O3. The third-order valence-electron chi connectivity index (χ3n) is 4.31. The highest BCUT2D eigenvalue weighted by Crippen LogP contribution is 2.35. The van der Waals surface area contributed by atoms with Gasteiger partial charge in [-0.15, -0.1) is 0 Å². The molecule has 0 unspecified atom stereocenters. The highest BCUT2D eigenvalue weighted by Gasteiger charge is 2.31. The topological polar surface area (TPSA) is 46.5 Å². The minimum absolute atomic E-state index is 0.241. The van der Waals surface area contributed by atoms with Crippen LogP contribution in [0.2, 0.25) is 0 Å². The molecule has 3 heteroatoms. The molecule has 0 spiro atoms. The molecule has 1 aliphatic carbocycles. The summed E-state index contributed by atoms with van der Waals surface area (Å²) < 4.78 is 5.39. The Labute approximate surface area is 121 Å². The molecule has 1 N–H and O–H groups in total. The van der Waals surface area contributed by atoms with Crippen LogP contribution in [-0.2, 0) is 4.74 Å². The van der Waals surface area contributed by atoms with E-state index in [1.165, 1.54) is 0 Å². The maximum atomic E-state index is 11.8. The van der Waals surface area contributed by atoms with Gasteiger partial charge in [-0.1, -0.05) is 18.2 Å². The number of hydrogen-bond acceptors (Lipinski definition) is 3. The van der Waals surface area contributed by atoms with E-state index >= 15 is 0 Å². The molecule has 1 aromatic carbocycles. The van der Waals surface area contributed by atoms with Crippen molar-refractivity contribution in [3.63, 3.8) is 0 Å².